The number of benzene rings is 1. The lowest BCUT2D eigenvalue weighted by Gasteiger charge is -2.23. The van der Waals surface area contributed by atoms with Crippen LogP contribution >= 0.6 is 0 Å². The van der Waals surface area contributed by atoms with Crippen LogP contribution in [0.1, 0.15) is 57.1 Å². The highest BCUT2D eigenvalue weighted by Gasteiger charge is 2.26. The smallest absolute Gasteiger partial charge is 0.134 e. The van der Waals surface area contributed by atoms with Crippen LogP contribution in [0, 0.1) is 17.6 Å². The van der Waals surface area contributed by atoms with E-state index in [9.17, 15) is 8.78 Å². The molecule has 0 amide bonds. The number of hydrogen-bond acceptors (Lipinski definition) is 2. The molecular formula is C17H25F2NO. The molecule has 0 aromatic heterocycles. The van der Waals surface area contributed by atoms with Crippen molar-refractivity contribution < 1.29 is 13.5 Å². The van der Waals surface area contributed by atoms with Crippen LogP contribution in [0.4, 0.5) is 8.78 Å². The van der Waals surface area contributed by atoms with Crippen LogP contribution in [0.25, 0.3) is 0 Å². The van der Waals surface area contributed by atoms with E-state index in [0.29, 0.717) is 5.92 Å². The summed E-state index contributed by atoms with van der Waals surface area (Å²) < 4.78 is 33.5. The minimum absolute atomic E-state index is 0.163. The Labute approximate surface area is 125 Å². The first-order valence-electron chi connectivity index (χ1n) is 7.92. The zero-order valence-electron chi connectivity index (χ0n) is 12.9. The molecule has 0 heterocycles. The molecule has 1 unspecified atom stereocenters. The van der Waals surface area contributed by atoms with Crippen molar-refractivity contribution in [1.29, 1.82) is 0 Å². The first-order chi connectivity index (χ1) is 10.2. The largest absolute Gasteiger partial charge is 0.497 e. The molecule has 0 spiro atoms. The standard InChI is InChI=1S/C17H25F2NO/c1-3-8-20-16(9-12-6-4-5-7-12)17-14(18)10-13(21-2)11-15(17)19/h10-12,16,20H,3-9H2,1-2H3. The monoisotopic (exact) mass is 297 g/mol. The summed E-state index contributed by atoms with van der Waals surface area (Å²) in [6, 6.07) is 2.29. The Kier molecular flexibility index (Phi) is 5.97. The molecule has 1 aromatic carbocycles. The van der Waals surface area contributed by atoms with Crippen molar-refractivity contribution >= 4 is 0 Å². The zero-order chi connectivity index (χ0) is 15.2. The number of nitrogens with one attached hydrogen (secondary N) is 1. The summed E-state index contributed by atoms with van der Waals surface area (Å²) in [6.07, 6.45) is 6.56. The Morgan fingerprint density at radius 3 is 2.38 bits per heavy atom. The lowest BCUT2D eigenvalue weighted by Crippen LogP contribution is -2.26. The number of hydrogen-bond donors (Lipinski definition) is 1. The number of ether oxygens (including phenoxy) is 1. The molecular weight excluding hydrogens is 272 g/mol. The quantitative estimate of drug-likeness (QED) is 0.794. The molecule has 1 atom stereocenters. The third kappa shape index (κ3) is 4.16. The fraction of sp³-hybridized carbons (Fsp3) is 0.647. The second-order valence-corrected chi connectivity index (χ2v) is 5.90. The highest BCUT2D eigenvalue weighted by Crippen LogP contribution is 2.35. The van der Waals surface area contributed by atoms with Gasteiger partial charge >= 0.3 is 0 Å². The molecule has 1 aromatic rings. The Bertz CT molecular complexity index is 435. The van der Waals surface area contributed by atoms with Gasteiger partial charge in [-0.05, 0) is 25.3 Å². The van der Waals surface area contributed by atoms with Crippen LogP contribution in [0.5, 0.6) is 5.75 Å². The average Bonchev–Trinajstić information content (AvgIpc) is 2.96. The van der Waals surface area contributed by atoms with E-state index < -0.39 is 11.6 Å². The number of rotatable bonds is 7. The number of methoxy groups -OCH3 is 1. The van der Waals surface area contributed by atoms with Crippen molar-refractivity contribution in [3.8, 4) is 5.75 Å². The minimum atomic E-state index is -0.515. The van der Waals surface area contributed by atoms with Gasteiger partial charge in [0.05, 0.1) is 7.11 Å². The SMILES string of the molecule is CCCNC(CC1CCCC1)c1c(F)cc(OC)cc1F. The second-order valence-electron chi connectivity index (χ2n) is 5.90. The van der Waals surface area contributed by atoms with Gasteiger partial charge in [0.15, 0.2) is 0 Å². The molecule has 21 heavy (non-hydrogen) atoms. The summed E-state index contributed by atoms with van der Waals surface area (Å²) in [4.78, 5) is 0. The first-order valence-corrected chi connectivity index (χ1v) is 7.92. The highest BCUT2D eigenvalue weighted by molar-refractivity contribution is 5.32. The Hall–Kier alpha value is -1.16. The predicted octanol–water partition coefficient (Wildman–Crippen LogP) is 4.59. The summed E-state index contributed by atoms with van der Waals surface area (Å²) in [6.45, 7) is 2.82. The van der Waals surface area contributed by atoms with Crippen molar-refractivity contribution in [3.05, 3.63) is 29.3 Å². The summed E-state index contributed by atoms with van der Waals surface area (Å²) >= 11 is 0. The lowest BCUT2D eigenvalue weighted by atomic mass is 9.92. The van der Waals surface area contributed by atoms with E-state index >= 15 is 0 Å². The van der Waals surface area contributed by atoms with Crippen LogP contribution in [0.3, 0.4) is 0 Å². The van der Waals surface area contributed by atoms with Gasteiger partial charge in [-0.3, -0.25) is 0 Å². The van der Waals surface area contributed by atoms with Gasteiger partial charge in [-0.25, -0.2) is 8.78 Å². The Morgan fingerprint density at radius 2 is 1.86 bits per heavy atom. The van der Waals surface area contributed by atoms with Crippen LogP contribution in [0.15, 0.2) is 12.1 Å². The van der Waals surface area contributed by atoms with Gasteiger partial charge in [-0.15, -0.1) is 0 Å². The average molecular weight is 297 g/mol. The van der Waals surface area contributed by atoms with E-state index in [2.05, 4.69) is 12.2 Å². The van der Waals surface area contributed by atoms with E-state index in [0.717, 1.165) is 19.4 Å². The topological polar surface area (TPSA) is 21.3 Å². The van der Waals surface area contributed by atoms with Gasteiger partial charge in [0.25, 0.3) is 0 Å². The molecule has 1 aliphatic rings. The molecule has 2 nitrogen and oxygen atoms in total. The van der Waals surface area contributed by atoms with E-state index in [1.54, 1.807) is 0 Å². The lowest BCUT2D eigenvalue weighted by molar-refractivity contribution is 0.367. The van der Waals surface area contributed by atoms with Crippen LogP contribution < -0.4 is 10.1 Å². The molecule has 0 aliphatic heterocycles. The van der Waals surface area contributed by atoms with E-state index in [1.807, 2.05) is 0 Å². The van der Waals surface area contributed by atoms with Crippen molar-refractivity contribution in [2.75, 3.05) is 13.7 Å². The molecule has 0 bridgehead atoms. The van der Waals surface area contributed by atoms with Crippen molar-refractivity contribution in [1.82, 2.24) is 5.32 Å². The van der Waals surface area contributed by atoms with Crippen molar-refractivity contribution in [3.63, 3.8) is 0 Å². The molecule has 0 radical (unpaired) electrons. The van der Waals surface area contributed by atoms with Gasteiger partial charge in [-0.1, -0.05) is 32.6 Å². The zero-order valence-corrected chi connectivity index (χ0v) is 12.9. The molecule has 2 rings (SSSR count). The van der Waals surface area contributed by atoms with E-state index in [4.69, 9.17) is 4.74 Å². The molecule has 1 fully saturated rings. The minimum Gasteiger partial charge on any atom is -0.497 e. The van der Waals surface area contributed by atoms with Crippen molar-refractivity contribution in [2.45, 2.75) is 51.5 Å². The van der Waals surface area contributed by atoms with Gasteiger partial charge in [0.2, 0.25) is 0 Å². The van der Waals surface area contributed by atoms with E-state index in [-0.39, 0.29) is 17.4 Å². The summed E-state index contributed by atoms with van der Waals surface area (Å²) in [7, 11) is 1.42. The molecule has 118 valence electrons. The first kappa shape index (κ1) is 16.2. The van der Waals surface area contributed by atoms with Crippen LogP contribution in [0.2, 0.25) is 0 Å². The fourth-order valence-corrected chi connectivity index (χ4v) is 3.21. The maximum Gasteiger partial charge on any atom is 0.134 e. The van der Waals surface area contributed by atoms with Crippen LogP contribution in [-0.4, -0.2) is 13.7 Å². The molecule has 0 saturated heterocycles. The Balaban J connectivity index is 2.22. The molecule has 1 saturated carbocycles. The van der Waals surface area contributed by atoms with Gasteiger partial charge in [-0.2, -0.15) is 0 Å². The summed E-state index contributed by atoms with van der Waals surface area (Å²) in [5, 5.41) is 3.31. The third-order valence-corrected chi connectivity index (χ3v) is 4.32. The van der Waals surface area contributed by atoms with Gasteiger partial charge in [0, 0.05) is 23.7 Å². The van der Waals surface area contributed by atoms with Crippen molar-refractivity contribution in [2.24, 2.45) is 5.92 Å². The maximum atomic E-state index is 14.3. The fourth-order valence-electron chi connectivity index (χ4n) is 3.21. The van der Waals surface area contributed by atoms with E-state index in [1.165, 1.54) is 44.9 Å². The maximum absolute atomic E-state index is 14.3. The van der Waals surface area contributed by atoms with Crippen LogP contribution in [-0.2, 0) is 0 Å². The summed E-state index contributed by atoms with van der Waals surface area (Å²) in [5.41, 5.74) is 0.163. The van der Waals surface area contributed by atoms with Gasteiger partial charge < -0.3 is 10.1 Å². The Morgan fingerprint density at radius 1 is 1.24 bits per heavy atom. The predicted molar refractivity (Wildman–Crippen MR) is 80.5 cm³/mol. The highest BCUT2D eigenvalue weighted by atomic mass is 19.1. The normalized spacial score (nSPS) is 17.1. The number of halogens is 2. The molecule has 4 heteroatoms. The second kappa shape index (κ2) is 7.74. The molecule has 1 N–H and O–H groups in total. The van der Waals surface area contributed by atoms with Gasteiger partial charge in [0.1, 0.15) is 17.4 Å². The molecule has 1 aliphatic carbocycles. The summed E-state index contributed by atoms with van der Waals surface area (Å²) in [5.74, 6) is -0.235. The third-order valence-electron chi connectivity index (χ3n) is 4.32.